The second-order valence-corrected chi connectivity index (χ2v) is 9.20. The van der Waals surface area contributed by atoms with Gasteiger partial charge in [0.25, 0.3) is 10.0 Å². The van der Waals surface area contributed by atoms with Crippen LogP contribution >= 0.6 is 0 Å². The second-order valence-electron chi connectivity index (χ2n) is 7.31. The highest BCUT2D eigenvalue weighted by Crippen LogP contribution is 2.29. The van der Waals surface area contributed by atoms with Gasteiger partial charge in [-0.2, -0.15) is 17.5 Å². The predicted octanol–water partition coefficient (Wildman–Crippen LogP) is 2.62. The molecule has 2 aromatic heterocycles. The van der Waals surface area contributed by atoms with Gasteiger partial charge in [0.15, 0.2) is 5.03 Å². The summed E-state index contributed by atoms with van der Waals surface area (Å²) in [5.74, 6) is 0.845. The average Bonchev–Trinajstić information content (AvgIpc) is 3.05. The van der Waals surface area contributed by atoms with Crippen molar-refractivity contribution in [2.45, 2.75) is 49.9 Å². The summed E-state index contributed by atoms with van der Waals surface area (Å²) in [7, 11) is -1.96. The fraction of sp³-hybridized carbons (Fsp3) is 0.588. The molecule has 0 radical (unpaired) electrons. The molecular formula is C17H23F3N6O2S. The number of imidazole rings is 1. The van der Waals surface area contributed by atoms with Crippen LogP contribution in [0.1, 0.15) is 44.1 Å². The van der Waals surface area contributed by atoms with Crippen molar-refractivity contribution in [2.24, 2.45) is 7.05 Å². The van der Waals surface area contributed by atoms with Crippen molar-refractivity contribution < 1.29 is 21.6 Å². The summed E-state index contributed by atoms with van der Waals surface area (Å²) in [6, 6.07) is 0.664. The van der Waals surface area contributed by atoms with E-state index < -0.39 is 21.9 Å². The van der Waals surface area contributed by atoms with E-state index in [2.05, 4.69) is 20.3 Å². The van der Waals surface area contributed by atoms with Crippen molar-refractivity contribution in [3.05, 3.63) is 30.1 Å². The van der Waals surface area contributed by atoms with Gasteiger partial charge in [0.05, 0.1) is 0 Å². The Bertz CT molecular complexity index is 966. The van der Waals surface area contributed by atoms with Gasteiger partial charge in [-0.15, -0.1) is 0 Å². The molecule has 1 fully saturated rings. The van der Waals surface area contributed by atoms with Gasteiger partial charge in [0.2, 0.25) is 0 Å². The van der Waals surface area contributed by atoms with Gasteiger partial charge in [-0.05, 0) is 12.8 Å². The molecule has 1 aliphatic rings. The van der Waals surface area contributed by atoms with Crippen LogP contribution in [0.4, 0.5) is 19.0 Å². The molecule has 0 unspecified atom stereocenters. The number of aromatic nitrogens is 4. The van der Waals surface area contributed by atoms with Crippen LogP contribution in [-0.4, -0.2) is 51.4 Å². The number of nitrogens with one attached hydrogen (secondary N) is 1. The predicted molar refractivity (Wildman–Crippen MR) is 99.7 cm³/mol. The van der Waals surface area contributed by atoms with E-state index in [4.69, 9.17) is 0 Å². The quantitative estimate of drug-likeness (QED) is 0.781. The van der Waals surface area contributed by atoms with E-state index in [0.717, 1.165) is 12.4 Å². The molecule has 1 aliphatic heterocycles. The number of anilines is 1. The molecule has 0 atom stereocenters. The Kier molecular flexibility index (Phi) is 5.86. The minimum atomic E-state index is -4.55. The van der Waals surface area contributed by atoms with Gasteiger partial charge in [-0.1, -0.05) is 13.8 Å². The lowest BCUT2D eigenvalue weighted by Gasteiger charge is -2.31. The number of aryl methyl sites for hydroxylation is 1. The molecule has 0 bridgehead atoms. The van der Waals surface area contributed by atoms with Crippen LogP contribution in [-0.2, 0) is 23.2 Å². The Morgan fingerprint density at radius 1 is 1.21 bits per heavy atom. The van der Waals surface area contributed by atoms with Gasteiger partial charge < -0.3 is 9.88 Å². The molecule has 2 aromatic rings. The molecule has 1 saturated heterocycles. The smallest absolute Gasteiger partial charge is 0.367 e. The fourth-order valence-corrected chi connectivity index (χ4v) is 4.74. The second kappa shape index (κ2) is 7.90. The van der Waals surface area contributed by atoms with Gasteiger partial charge in [-0.25, -0.2) is 23.4 Å². The van der Waals surface area contributed by atoms with Crippen LogP contribution in [0.5, 0.6) is 0 Å². The van der Waals surface area contributed by atoms with Gasteiger partial charge >= 0.3 is 6.18 Å². The SMILES string of the molecule is CC(C)c1nc(S(=O)(=O)N2CCC(Nc3cc(C(F)(F)F)ncn3)CC2)cn1C. The number of piperidine rings is 1. The number of nitrogens with zero attached hydrogens (tertiary/aromatic N) is 5. The molecule has 3 rings (SSSR count). The minimum Gasteiger partial charge on any atom is -0.367 e. The first-order chi connectivity index (χ1) is 13.5. The van der Waals surface area contributed by atoms with Crippen molar-refractivity contribution in [3.8, 4) is 0 Å². The first-order valence-corrected chi connectivity index (χ1v) is 10.6. The molecule has 1 N–H and O–H groups in total. The fourth-order valence-electron chi connectivity index (χ4n) is 3.29. The summed E-state index contributed by atoms with van der Waals surface area (Å²) in [4.78, 5) is 11.3. The number of sulfonamides is 1. The highest BCUT2D eigenvalue weighted by atomic mass is 32.2. The summed E-state index contributed by atoms with van der Waals surface area (Å²) in [5, 5.41) is 2.96. The molecule has 0 amide bonds. The average molecular weight is 432 g/mol. The first kappa shape index (κ1) is 21.5. The number of hydrogen-bond acceptors (Lipinski definition) is 6. The van der Waals surface area contributed by atoms with Crippen LogP contribution in [0.2, 0.25) is 0 Å². The third kappa shape index (κ3) is 4.69. The molecular weight excluding hydrogens is 409 g/mol. The molecule has 3 heterocycles. The monoisotopic (exact) mass is 432 g/mol. The minimum absolute atomic E-state index is 0.0146. The van der Waals surface area contributed by atoms with Crippen LogP contribution < -0.4 is 5.32 Å². The highest BCUT2D eigenvalue weighted by Gasteiger charge is 2.34. The molecule has 12 heteroatoms. The Morgan fingerprint density at radius 3 is 2.41 bits per heavy atom. The maximum Gasteiger partial charge on any atom is 0.433 e. The van der Waals surface area contributed by atoms with Crippen molar-refractivity contribution in [1.29, 1.82) is 0 Å². The van der Waals surface area contributed by atoms with Gasteiger partial charge in [-0.3, -0.25) is 0 Å². The summed E-state index contributed by atoms with van der Waals surface area (Å²) >= 11 is 0. The topological polar surface area (TPSA) is 93.0 Å². The van der Waals surface area contributed by atoms with Crippen molar-refractivity contribution in [2.75, 3.05) is 18.4 Å². The van der Waals surface area contributed by atoms with E-state index >= 15 is 0 Å². The number of alkyl halides is 3. The first-order valence-electron chi connectivity index (χ1n) is 9.17. The highest BCUT2D eigenvalue weighted by molar-refractivity contribution is 7.89. The summed E-state index contributed by atoms with van der Waals surface area (Å²) in [5.41, 5.74) is -1.02. The lowest BCUT2D eigenvalue weighted by atomic mass is 10.1. The summed E-state index contributed by atoms with van der Waals surface area (Å²) in [6.07, 6.45) is -1.30. The lowest BCUT2D eigenvalue weighted by Crippen LogP contribution is -2.42. The van der Waals surface area contributed by atoms with Crippen LogP contribution in [0.15, 0.2) is 23.6 Å². The van der Waals surface area contributed by atoms with E-state index in [0.29, 0.717) is 18.7 Å². The zero-order chi connectivity index (χ0) is 21.4. The molecule has 29 heavy (non-hydrogen) atoms. The van der Waals surface area contributed by atoms with Gasteiger partial charge in [0.1, 0.15) is 23.7 Å². The standard InChI is InChI=1S/C17H23F3N6O2S/c1-11(2)16-24-15(9-25(16)3)29(27,28)26-6-4-12(5-7-26)23-14-8-13(17(18,19)20)21-10-22-14/h8-12H,4-7H2,1-3H3,(H,21,22,23). The van der Waals surface area contributed by atoms with E-state index in [9.17, 15) is 21.6 Å². The van der Waals surface area contributed by atoms with E-state index in [1.807, 2.05) is 13.8 Å². The van der Waals surface area contributed by atoms with E-state index in [-0.39, 0.29) is 35.9 Å². The zero-order valence-corrected chi connectivity index (χ0v) is 17.1. The van der Waals surface area contributed by atoms with E-state index in [1.165, 1.54) is 10.5 Å². The molecule has 160 valence electrons. The lowest BCUT2D eigenvalue weighted by molar-refractivity contribution is -0.141. The number of hydrogen-bond donors (Lipinski definition) is 1. The molecule has 0 aromatic carbocycles. The number of halogens is 3. The van der Waals surface area contributed by atoms with Gasteiger partial charge in [0, 0.05) is 44.4 Å². The molecule has 0 saturated carbocycles. The molecule has 0 aliphatic carbocycles. The maximum absolute atomic E-state index is 12.9. The molecule has 8 nitrogen and oxygen atoms in total. The Balaban J connectivity index is 1.65. The number of rotatable bonds is 5. The van der Waals surface area contributed by atoms with E-state index in [1.54, 1.807) is 11.6 Å². The van der Waals surface area contributed by atoms with Crippen LogP contribution in [0.3, 0.4) is 0 Å². The van der Waals surface area contributed by atoms with Crippen molar-refractivity contribution in [1.82, 2.24) is 23.8 Å². The summed E-state index contributed by atoms with van der Waals surface area (Å²) < 4.78 is 67.1. The maximum atomic E-state index is 12.9. The summed E-state index contributed by atoms with van der Waals surface area (Å²) in [6.45, 7) is 4.36. The zero-order valence-electron chi connectivity index (χ0n) is 16.3. The third-order valence-corrected chi connectivity index (χ3v) is 6.54. The van der Waals surface area contributed by atoms with Crippen LogP contribution in [0, 0.1) is 0 Å². The third-order valence-electron chi connectivity index (χ3n) is 4.77. The molecule has 0 spiro atoms. The van der Waals surface area contributed by atoms with Crippen molar-refractivity contribution >= 4 is 15.8 Å². The Hall–Kier alpha value is -2.21. The Labute approximate surface area is 167 Å². The van der Waals surface area contributed by atoms with Crippen LogP contribution in [0.25, 0.3) is 0 Å². The Morgan fingerprint density at radius 2 is 1.86 bits per heavy atom. The van der Waals surface area contributed by atoms with Crippen molar-refractivity contribution in [3.63, 3.8) is 0 Å². The normalized spacial score (nSPS) is 17.1. The largest absolute Gasteiger partial charge is 0.433 e.